The van der Waals surface area contributed by atoms with E-state index >= 15 is 0 Å². The van der Waals surface area contributed by atoms with Crippen molar-refractivity contribution in [3.8, 4) is 0 Å². The van der Waals surface area contributed by atoms with Crippen LogP contribution in [-0.2, 0) is 0 Å². The number of aliphatic hydroxyl groups is 1. The smallest absolute Gasteiger partial charge is 0.123 e. The molecule has 0 spiro atoms. The first-order chi connectivity index (χ1) is 8.95. The molecule has 1 aromatic carbocycles. The van der Waals surface area contributed by atoms with Crippen LogP contribution in [0, 0.1) is 12.7 Å². The Morgan fingerprint density at radius 2 is 2.11 bits per heavy atom. The molecule has 1 rings (SSSR count). The van der Waals surface area contributed by atoms with Crippen molar-refractivity contribution in [3.05, 3.63) is 35.1 Å². The molecular formula is C15H24FNOS. The molecule has 0 amide bonds. The van der Waals surface area contributed by atoms with Gasteiger partial charge in [-0.15, -0.1) is 0 Å². The number of aryl methyl sites for hydroxylation is 1. The van der Waals surface area contributed by atoms with Gasteiger partial charge < -0.3 is 10.0 Å². The molecule has 0 heterocycles. The summed E-state index contributed by atoms with van der Waals surface area (Å²) in [5.41, 5.74) is 1.61. The van der Waals surface area contributed by atoms with Gasteiger partial charge in [-0.25, -0.2) is 4.39 Å². The minimum absolute atomic E-state index is 0.254. The van der Waals surface area contributed by atoms with Crippen LogP contribution < -0.4 is 0 Å². The van der Waals surface area contributed by atoms with E-state index < -0.39 is 6.10 Å². The van der Waals surface area contributed by atoms with Gasteiger partial charge in [0.2, 0.25) is 0 Å². The lowest BCUT2D eigenvalue weighted by Gasteiger charge is -2.27. The third-order valence-corrected chi connectivity index (χ3v) is 4.19. The van der Waals surface area contributed by atoms with Crippen molar-refractivity contribution in [1.82, 2.24) is 4.90 Å². The minimum atomic E-state index is -0.567. The zero-order valence-corrected chi connectivity index (χ0v) is 13.0. The fourth-order valence-corrected chi connectivity index (χ4v) is 2.65. The molecule has 0 aliphatic carbocycles. The number of likely N-dealkylation sites (N-methyl/N-ethyl adjacent to an activating group) is 1. The molecule has 19 heavy (non-hydrogen) atoms. The Morgan fingerprint density at radius 1 is 1.42 bits per heavy atom. The van der Waals surface area contributed by atoms with Crippen LogP contribution in [0.1, 0.15) is 30.6 Å². The van der Waals surface area contributed by atoms with Crippen LogP contribution >= 0.6 is 11.8 Å². The molecule has 1 N–H and O–H groups in total. The van der Waals surface area contributed by atoms with Crippen molar-refractivity contribution in [2.24, 2.45) is 0 Å². The molecule has 1 aromatic rings. The summed E-state index contributed by atoms with van der Waals surface area (Å²) in [5.74, 6) is 0.868. The maximum atomic E-state index is 13.0. The highest BCUT2D eigenvalue weighted by Crippen LogP contribution is 2.20. The van der Waals surface area contributed by atoms with E-state index in [0.717, 1.165) is 23.3 Å². The predicted molar refractivity (Wildman–Crippen MR) is 81.2 cm³/mol. The van der Waals surface area contributed by atoms with E-state index in [1.807, 2.05) is 25.7 Å². The van der Waals surface area contributed by atoms with Gasteiger partial charge in [0.1, 0.15) is 5.82 Å². The van der Waals surface area contributed by atoms with Crippen LogP contribution in [0.4, 0.5) is 4.39 Å². The van der Waals surface area contributed by atoms with E-state index in [1.165, 1.54) is 12.1 Å². The monoisotopic (exact) mass is 285 g/mol. The van der Waals surface area contributed by atoms with Gasteiger partial charge in [-0.05, 0) is 62.6 Å². The second-order valence-electron chi connectivity index (χ2n) is 5.09. The Bertz CT molecular complexity index is 400. The summed E-state index contributed by atoms with van der Waals surface area (Å²) >= 11 is 1.84. The van der Waals surface area contributed by atoms with Gasteiger partial charge in [0.15, 0.2) is 0 Å². The molecule has 0 bridgehead atoms. The minimum Gasteiger partial charge on any atom is -0.387 e. The molecule has 0 fully saturated rings. The van der Waals surface area contributed by atoms with E-state index in [1.54, 1.807) is 6.07 Å². The summed E-state index contributed by atoms with van der Waals surface area (Å²) in [6.07, 6.45) is 2.64. The fourth-order valence-electron chi connectivity index (χ4n) is 2.07. The summed E-state index contributed by atoms with van der Waals surface area (Å²) in [5, 5.41) is 10.3. The van der Waals surface area contributed by atoms with E-state index in [9.17, 15) is 9.50 Å². The van der Waals surface area contributed by atoms with Crippen LogP contribution in [0.15, 0.2) is 18.2 Å². The number of thioether (sulfide) groups is 1. The van der Waals surface area contributed by atoms with Gasteiger partial charge in [-0.3, -0.25) is 0 Å². The highest BCUT2D eigenvalue weighted by Gasteiger charge is 2.16. The lowest BCUT2D eigenvalue weighted by atomic mass is 10.0. The largest absolute Gasteiger partial charge is 0.387 e. The number of aliphatic hydroxyl groups excluding tert-OH is 1. The molecular weight excluding hydrogens is 261 g/mol. The lowest BCUT2D eigenvalue weighted by molar-refractivity contribution is 0.107. The third-order valence-electron chi connectivity index (χ3n) is 3.54. The maximum absolute atomic E-state index is 13.0. The Morgan fingerprint density at radius 3 is 2.68 bits per heavy atom. The molecule has 2 nitrogen and oxygen atoms in total. The first-order valence-electron chi connectivity index (χ1n) is 6.59. The second kappa shape index (κ2) is 7.88. The van der Waals surface area contributed by atoms with Crippen molar-refractivity contribution >= 4 is 11.8 Å². The second-order valence-corrected chi connectivity index (χ2v) is 6.07. The summed E-state index contributed by atoms with van der Waals surface area (Å²) in [4.78, 5) is 2.16. The van der Waals surface area contributed by atoms with Crippen LogP contribution in [-0.4, -0.2) is 41.6 Å². The number of hydrogen-bond donors (Lipinski definition) is 1. The number of halogens is 1. The van der Waals surface area contributed by atoms with Crippen LogP contribution in [0.3, 0.4) is 0 Å². The van der Waals surface area contributed by atoms with Crippen LogP contribution in [0.2, 0.25) is 0 Å². The number of rotatable bonds is 7. The molecule has 2 atom stereocenters. The maximum Gasteiger partial charge on any atom is 0.123 e. The Balaban J connectivity index is 2.60. The first-order valence-corrected chi connectivity index (χ1v) is 7.98. The molecule has 0 radical (unpaired) electrons. The van der Waals surface area contributed by atoms with Gasteiger partial charge in [0.25, 0.3) is 0 Å². The van der Waals surface area contributed by atoms with E-state index in [0.29, 0.717) is 12.6 Å². The number of benzene rings is 1. The highest BCUT2D eigenvalue weighted by molar-refractivity contribution is 7.98. The molecule has 4 heteroatoms. The van der Waals surface area contributed by atoms with Gasteiger partial charge in [-0.1, -0.05) is 6.07 Å². The Kier molecular flexibility index (Phi) is 6.83. The van der Waals surface area contributed by atoms with E-state index in [-0.39, 0.29) is 5.82 Å². The zero-order valence-electron chi connectivity index (χ0n) is 12.2. The molecule has 0 aliphatic heterocycles. The summed E-state index contributed by atoms with van der Waals surface area (Å²) in [6, 6.07) is 4.98. The Hall–Kier alpha value is -0.580. The van der Waals surface area contributed by atoms with Crippen molar-refractivity contribution in [2.45, 2.75) is 32.4 Å². The summed E-state index contributed by atoms with van der Waals surface area (Å²) < 4.78 is 13.0. The number of nitrogens with zero attached hydrogens (tertiary/aromatic N) is 1. The average Bonchev–Trinajstić information content (AvgIpc) is 2.35. The average molecular weight is 285 g/mol. The van der Waals surface area contributed by atoms with E-state index in [4.69, 9.17) is 0 Å². The normalized spacial score (nSPS) is 14.7. The highest BCUT2D eigenvalue weighted by atomic mass is 32.2. The molecule has 108 valence electrons. The molecule has 0 saturated carbocycles. The van der Waals surface area contributed by atoms with Crippen molar-refractivity contribution in [3.63, 3.8) is 0 Å². The van der Waals surface area contributed by atoms with Crippen LogP contribution in [0.5, 0.6) is 0 Å². The first kappa shape index (κ1) is 16.5. The van der Waals surface area contributed by atoms with Crippen molar-refractivity contribution in [2.75, 3.05) is 25.6 Å². The number of hydrogen-bond acceptors (Lipinski definition) is 3. The van der Waals surface area contributed by atoms with Gasteiger partial charge in [0.05, 0.1) is 6.10 Å². The van der Waals surface area contributed by atoms with Crippen molar-refractivity contribution in [1.29, 1.82) is 0 Å². The molecule has 2 unspecified atom stereocenters. The predicted octanol–water partition coefficient (Wildman–Crippen LogP) is 3.24. The molecule has 0 saturated heterocycles. The fraction of sp³-hybridized carbons (Fsp3) is 0.600. The molecule has 0 aromatic heterocycles. The van der Waals surface area contributed by atoms with Gasteiger partial charge >= 0.3 is 0 Å². The standard InChI is InChI=1S/C15H24FNOS/c1-11-9-13(16)5-6-14(11)15(18)10-17(3)12(2)7-8-19-4/h5-6,9,12,15,18H,7-8,10H2,1-4H3. The Labute approximate surface area is 120 Å². The summed E-state index contributed by atoms with van der Waals surface area (Å²) in [6.45, 7) is 4.57. The van der Waals surface area contributed by atoms with Crippen molar-refractivity contribution < 1.29 is 9.50 Å². The zero-order chi connectivity index (χ0) is 14.4. The van der Waals surface area contributed by atoms with Crippen LogP contribution in [0.25, 0.3) is 0 Å². The lowest BCUT2D eigenvalue weighted by Crippen LogP contribution is -2.33. The summed E-state index contributed by atoms with van der Waals surface area (Å²) in [7, 11) is 2.02. The third kappa shape index (κ3) is 5.13. The molecule has 0 aliphatic rings. The van der Waals surface area contributed by atoms with E-state index in [2.05, 4.69) is 18.1 Å². The SMILES string of the molecule is CSCCC(C)N(C)CC(O)c1ccc(F)cc1C. The quantitative estimate of drug-likeness (QED) is 0.832. The van der Waals surface area contributed by atoms with Gasteiger partial charge in [-0.2, -0.15) is 11.8 Å². The topological polar surface area (TPSA) is 23.5 Å². The van der Waals surface area contributed by atoms with Gasteiger partial charge in [0, 0.05) is 12.6 Å².